The molecule has 1 aliphatic rings. The number of hydrogen-bond donors (Lipinski definition) is 0. The molecule has 76 valence electrons. The summed E-state index contributed by atoms with van der Waals surface area (Å²) in [5, 5.41) is 0. The number of Topliss-reactive ketones (excluding diaryl/α,β-unsaturated/α-hetero) is 1. The maximum Gasteiger partial charge on any atom is 0.309 e. The van der Waals surface area contributed by atoms with Crippen molar-refractivity contribution in [3.63, 3.8) is 0 Å². The number of hydrogen-bond acceptors (Lipinski definition) is 3. The number of ketones is 1. The van der Waals surface area contributed by atoms with E-state index in [2.05, 4.69) is 0 Å². The number of ether oxygens (including phenoxy) is 1. The predicted molar refractivity (Wildman–Crippen MR) is 50.3 cm³/mol. The van der Waals surface area contributed by atoms with Crippen LogP contribution in [-0.2, 0) is 14.3 Å². The molecule has 1 saturated carbocycles. The van der Waals surface area contributed by atoms with Crippen LogP contribution >= 0.6 is 0 Å². The monoisotopic (exact) mass is 186 g/mol. The Bertz CT molecular complexity index is 175. The van der Waals surface area contributed by atoms with E-state index in [1.54, 1.807) is 6.92 Å². The molecule has 1 fully saturated rings. The van der Waals surface area contributed by atoms with Crippen LogP contribution < -0.4 is 0 Å². The molecule has 3 nitrogen and oxygen atoms in total. The van der Waals surface area contributed by atoms with E-state index in [1.165, 1.54) is 0 Å². The first-order valence-electron chi connectivity index (χ1n) is 4.92. The average molecular weight is 186 g/mol. The van der Waals surface area contributed by atoms with Gasteiger partial charge in [0.05, 0.1) is 12.5 Å². The quantitative estimate of drug-likeness (QED) is 0.619. The van der Waals surface area contributed by atoms with Crippen LogP contribution in [0.25, 0.3) is 0 Å². The highest BCUT2D eigenvalue weighted by Gasteiger charge is 2.28. The first-order chi connectivity index (χ1) is 6.24. The molecule has 0 aliphatic heterocycles. The van der Waals surface area contributed by atoms with Crippen LogP contribution in [0.4, 0.5) is 0 Å². The van der Waals surface area contributed by atoms with Gasteiger partial charge in [0.15, 0.2) is 0 Å². The van der Waals surface area contributed by atoms with Crippen molar-refractivity contribution < 1.29 is 14.3 Å². The molecule has 0 aromatic carbocycles. The summed E-state index contributed by atoms with van der Waals surface area (Å²) in [5.41, 5.74) is 0. The van der Waals surface area contributed by atoms with E-state index in [9.17, 15) is 9.59 Å². The normalized spacial score (nSPS) is 20.5. The molecule has 0 aromatic rings. The van der Waals surface area contributed by atoms with Gasteiger partial charge in [0.1, 0.15) is 5.78 Å². The minimum atomic E-state index is -0.210. The van der Waals surface area contributed by atoms with Gasteiger partial charge >= 0.3 is 5.97 Å². The van der Waals surface area contributed by atoms with Crippen molar-refractivity contribution in [3.8, 4) is 0 Å². The van der Waals surface area contributed by atoms with Gasteiger partial charge in [0.2, 0.25) is 0 Å². The van der Waals surface area contributed by atoms with Crippen LogP contribution in [0.5, 0.6) is 0 Å². The number of rotatable bonds is 2. The van der Waals surface area contributed by atoms with Gasteiger partial charge in [-0.15, -0.1) is 0 Å². The predicted octanol–water partition coefficient (Wildman–Crippen LogP) is 1.94. The second-order valence-electron chi connectivity index (χ2n) is 2.73. The maximum atomic E-state index is 11.0. The van der Waals surface area contributed by atoms with Crippen LogP contribution in [0, 0.1) is 5.92 Å². The fraction of sp³-hybridized carbons (Fsp3) is 0.800. The Kier molecular flexibility index (Phi) is 6.20. The van der Waals surface area contributed by atoms with Crippen molar-refractivity contribution in [2.24, 2.45) is 5.92 Å². The smallest absolute Gasteiger partial charge is 0.309 e. The Morgan fingerprint density at radius 2 is 2.15 bits per heavy atom. The molecule has 0 heterocycles. The molecule has 0 saturated heterocycles. The molecule has 13 heavy (non-hydrogen) atoms. The third-order valence-electron chi connectivity index (χ3n) is 1.87. The van der Waals surface area contributed by atoms with E-state index in [0.29, 0.717) is 25.9 Å². The first-order valence-corrected chi connectivity index (χ1v) is 4.92. The van der Waals surface area contributed by atoms with Crippen molar-refractivity contribution in [1.29, 1.82) is 0 Å². The highest BCUT2D eigenvalue weighted by Crippen LogP contribution is 2.22. The summed E-state index contributed by atoms with van der Waals surface area (Å²) in [6, 6.07) is 0. The molecule has 0 spiro atoms. The fourth-order valence-corrected chi connectivity index (χ4v) is 1.28. The van der Waals surface area contributed by atoms with Crippen LogP contribution in [0.1, 0.15) is 40.0 Å². The lowest BCUT2D eigenvalue weighted by atomic mass is 10.1. The summed E-state index contributed by atoms with van der Waals surface area (Å²) >= 11 is 0. The van der Waals surface area contributed by atoms with Gasteiger partial charge in [-0.05, 0) is 13.3 Å². The van der Waals surface area contributed by atoms with Gasteiger partial charge in [-0.2, -0.15) is 0 Å². The molecular weight excluding hydrogens is 168 g/mol. The van der Waals surface area contributed by atoms with Crippen molar-refractivity contribution in [1.82, 2.24) is 0 Å². The van der Waals surface area contributed by atoms with Gasteiger partial charge in [-0.3, -0.25) is 9.59 Å². The molecule has 0 bridgehead atoms. The van der Waals surface area contributed by atoms with Gasteiger partial charge in [-0.25, -0.2) is 0 Å². The average Bonchev–Trinajstić information content (AvgIpc) is 2.56. The van der Waals surface area contributed by atoms with Gasteiger partial charge < -0.3 is 4.74 Å². The lowest BCUT2D eigenvalue weighted by Gasteiger charge is -2.05. The molecule has 3 heteroatoms. The van der Waals surface area contributed by atoms with E-state index in [0.717, 1.165) is 0 Å². The molecule has 1 unspecified atom stereocenters. The van der Waals surface area contributed by atoms with E-state index in [-0.39, 0.29) is 17.7 Å². The van der Waals surface area contributed by atoms with Crippen LogP contribution in [0.15, 0.2) is 0 Å². The number of carbonyl (C=O) groups excluding carboxylic acids is 2. The second kappa shape index (κ2) is 6.63. The van der Waals surface area contributed by atoms with Crippen LogP contribution in [-0.4, -0.2) is 18.4 Å². The minimum absolute atomic E-state index is 0.151. The standard InChI is InChI=1S/C8H12O3.C2H6/c1-2-11-8(10)6-3-4-7(9)5-6;1-2/h6H,2-5H2,1H3;1-2H3. The minimum Gasteiger partial charge on any atom is -0.466 e. The van der Waals surface area contributed by atoms with E-state index >= 15 is 0 Å². The van der Waals surface area contributed by atoms with Crippen molar-refractivity contribution >= 4 is 11.8 Å². The lowest BCUT2D eigenvalue weighted by Crippen LogP contribution is -2.14. The summed E-state index contributed by atoms with van der Waals surface area (Å²) in [6.07, 6.45) is 1.61. The zero-order chi connectivity index (χ0) is 10.3. The summed E-state index contributed by atoms with van der Waals surface area (Å²) in [4.78, 5) is 21.8. The molecule has 0 amide bonds. The lowest BCUT2D eigenvalue weighted by molar-refractivity contribution is -0.148. The Hall–Kier alpha value is -0.860. The highest BCUT2D eigenvalue weighted by molar-refractivity contribution is 5.87. The SMILES string of the molecule is CC.CCOC(=O)C1CCC(=O)C1. The summed E-state index contributed by atoms with van der Waals surface area (Å²) in [6.45, 7) is 6.18. The Balaban J connectivity index is 0.000000671. The highest BCUT2D eigenvalue weighted by atomic mass is 16.5. The van der Waals surface area contributed by atoms with Crippen molar-refractivity contribution in [2.75, 3.05) is 6.61 Å². The first kappa shape index (κ1) is 12.1. The van der Waals surface area contributed by atoms with Crippen LogP contribution in [0.2, 0.25) is 0 Å². The van der Waals surface area contributed by atoms with Gasteiger partial charge in [-0.1, -0.05) is 13.8 Å². The molecule has 1 rings (SSSR count). The Labute approximate surface area is 79.5 Å². The summed E-state index contributed by atoms with van der Waals surface area (Å²) in [7, 11) is 0. The van der Waals surface area contributed by atoms with Crippen molar-refractivity contribution in [2.45, 2.75) is 40.0 Å². The third kappa shape index (κ3) is 4.06. The van der Waals surface area contributed by atoms with E-state index in [4.69, 9.17) is 4.74 Å². The molecule has 0 N–H and O–H groups in total. The molecular formula is C10H18O3. The maximum absolute atomic E-state index is 11.0. The summed E-state index contributed by atoms with van der Waals surface area (Å²) in [5.74, 6) is -0.177. The fourth-order valence-electron chi connectivity index (χ4n) is 1.28. The van der Waals surface area contributed by atoms with Crippen LogP contribution in [0.3, 0.4) is 0 Å². The Morgan fingerprint density at radius 3 is 2.54 bits per heavy atom. The molecule has 0 aromatic heterocycles. The summed E-state index contributed by atoms with van der Waals surface area (Å²) < 4.78 is 4.78. The Morgan fingerprint density at radius 1 is 1.54 bits per heavy atom. The topological polar surface area (TPSA) is 43.4 Å². The number of carbonyl (C=O) groups is 2. The zero-order valence-corrected chi connectivity index (χ0v) is 8.63. The van der Waals surface area contributed by atoms with E-state index < -0.39 is 0 Å². The van der Waals surface area contributed by atoms with E-state index in [1.807, 2.05) is 13.8 Å². The second-order valence-corrected chi connectivity index (χ2v) is 2.73. The molecule has 1 atom stereocenters. The van der Waals surface area contributed by atoms with Crippen molar-refractivity contribution in [3.05, 3.63) is 0 Å². The third-order valence-corrected chi connectivity index (χ3v) is 1.87. The van der Waals surface area contributed by atoms with Gasteiger partial charge in [0, 0.05) is 12.8 Å². The molecule has 1 aliphatic carbocycles. The number of esters is 1. The van der Waals surface area contributed by atoms with Gasteiger partial charge in [0.25, 0.3) is 0 Å². The zero-order valence-electron chi connectivity index (χ0n) is 8.63. The largest absolute Gasteiger partial charge is 0.466 e. The molecule has 0 radical (unpaired) electrons.